The number of rotatable bonds is 4. The Hall–Kier alpha value is -0.860. The third kappa shape index (κ3) is 5.29. The summed E-state index contributed by atoms with van der Waals surface area (Å²) in [6.07, 6.45) is 1.53. The molecule has 0 bridgehead atoms. The zero-order valence-corrected chi connectivity index (χ0v) is 10.7. The summed E-state index contributed by atoms with van der Waals surface area (Å²) in [5.41, 5.74) is 7.54. The van der Waals surface area contributed by atoms with E-state index < -0.39 is 5.60 Å². The van der Waals surface area contributed by atoms with Crippen molar-refractivity contribution in [1.29, 1.82) is 0 Å². The normalized spacial score (nSPS) is 12.9. The lowest BCUT2D eigenvalue weighted by atomic mass is 9.92. The first kappa shape index (κ1) is 13.2. The maximum Gasteiger partial charge on any atom is 0.0631 e. The van der Waals surface area contributed by atoms with E-state index in [2.05, 4.69) is 12.1 Å². The molecule has 0 amide bonds. The Morgan fingerprint density at radius 2 is 1.56 bits per heavy atom. The van der Waals surface area contributed by atoms with Crippen molar-refractivity contribution in [3.05, 3.63) is 35.4 Å². The first-order chi connectivity index (χ1) is 7.16. The van der Waals surface area contributed by atoms with Crippen LogP contribution in [0.25, 0.3) is 0 Å². The summed E-state index contributed by atoms with van der Waals surface area (Å²) in [7, 11) is 0. The zero-order valence-electron chi connectivity index (χ0n) is 10.7. The molecule has 0 aliphatic rings. The molecule has 0 aliphatic carbocycles. The van der Waals surface area contributed by atoms with Crippen molar-refractivity contribution in [2.75, 3.05) is 0 Å². The highest BCUT2D eigenvalue weighted by Gasteiger charge is 2.15. The van der Waals surface area contributed by atoms with Gasteiger partial charge >= 0.3 is 0 Å². The highest BCUT2D eigenvalue weighted by Crippen LogP contribution is 2.16. The average molecular weight is 221 g/mol. The van der Waals surface area contributed by atoms with Gasteiger partial charge in [0.2, 0.25) is 0 Å². The summed E-state index contributed by atoms with van der Waals surface area (Å²) >= 11 is 0. The Morgan fingerprint density at radius 1 is 1.06 bits per heavy atom. The predicted octanol–water partition coefficient (Wildman–Crippen LogP) is 2.28. The maximum atomic E-state index is 9.77. The van der Waals surface area contributed by atoms with Crippen LogP contribution in [-0.4, -0.2) is 16.2 Å². The molecule has 90 valence electrons. The molecule has 1 aromatic carbocycles. The van der Waals surface area contributed by atoms with Crippen molar-refractivity contribution >= 4 is 0 Å². The molecule has 0 spiro atoms. The topological polar surface area (TPSA) is 46.2 Å². The molecule has 0 radical (unpaired) electrons. The second-order valence-electron chi connectivity index (χ2n) is 5.97. The van der Waals surface area contributed by atoms with Crippen LogP contribution < -0.4 is 5.73 Å². The van der Waals surface area contributed by atoms with Crippen molar-refractivity contribution in [2.24, 2.45) is 5.73 Å². The fraction of sp³-hybridized carbons (Fsp3) is 0.571. The maximum absolute atomic E-state index is 9.77. The molecule has 0 heterocycles. The number of aliphatic hydroxyl groups is 1. The zero-order chi connectivity index (χ0) is 12.4. The Morgan fingerprint density at radius 3 is 2.00 bits per heavy atom. The monoisotopic (exact) mass is 221 g/mol. The summed E-state index contributed by atoms with van der Waals surface area (Å²) in [5, 5.41) is 9.77. The van der Waals surface area contributed by atoms with Crippen molar-refractivity contribution in [3.63, 3.8) is 0 Å². The van der Waals surface area contributed by atoms with E-state index in [9.17, 15) is 5.11 Å². The first-order valence-electron chi connectivity index (χ1n) is 5.75. The van der Waals surface area contributed by atoms with E-state index in [1.807, 2.05) is 39.8 Å². The van der Waals surface area contributed by atoms with Gasteiger partial charge in [0.1, 0.15) is 0 Å². The molecule has 0 atom stereocenters. The molecule has 0 aromatic heterocycles. The van der Waals surface area contributed by atoms with E-state index in [1.54, 1.807) is 0 Å². The number of hydrogen-bond donors (Lipinski definition) is 2. The fourth-order valence-corrected chi connectivity index (χ4v) is 1.88. The van der Waals surface area contributed by atoms with Gasteiger partial charge in [0.05, 0.1) is 5.60 Å². The molecule has 16 heavy (non-hydrogen) atoms. The molecule has 0 unspecified atom stereocenters. The SMILES string of the molecule is CC(C)(N)Cc1cccc(CC(C)(C)O)c1. The van der Waals surface area contributed by atoms with Gasteiger partial charge in [0.25, 0.3) is 0 Å². The van der Waals surface area contributed by atoms with Crippen LogP contribution in [0.3, 0.4) is 0 Å². The van der Waals surface area contributed by atoms with Crippen molar-refractivity contribution in [3.8, 4) is 0 Å². The second kappa shape index (κ2) is 4.56. The smallest absolute Gasteiger partial charge is 0.0631 e. The Balaban J connectivity index is 2.79. The van der Waals surface area contributed by atoms with Crippen LogP contribution in [0.5, 0.6) is 0 Å². The van der Waals surface area contributed by atoms with E-state index in [-0.39, 0.29) is 5.54 Å². The molecule has 0 saturated carbocycles. The van der Waals surface area contributed by atoms with Gasteiger partial charge in [-0.25, -0.2) is 0 Å². The van der Waals surface area contributed by atoms with Gasteiger partial charge in [0.15, 0.2) is 0 Å². The summed E-state index contributed by atoms with van der Waals surface area (Å²) < 4.78 is 0. The minimum absolute atomic E-state index is 0.187. The molecule has 0 saturated heterocycles. The minimum Gasteiger partial charge on any atom is -0.390 e. The number of hydrogen-bond acceptors (Lipinski definition) is 2. The quantitative estimate of drug-likeness (QED) is 0.819. The van der Waals surface area contributed by atoms with Crippen molar-refractivity contribution in [1.82, 2.24) is 0 Å². The van der Waals surface area contributed by atoms with Crippen molar-refractivity contribution in [2.45, 2.75) is 51.7 Å². The van der Waals surface area contributed by atoms with Gasteiger partial charge < -0.3 is 10.8 Å². The minimum atomic E-state index is -0.656. The van der Waals surface area contributed by atoms with Gasteiger partial charge in [-0.05, 0) is 45.2 Å². The fourth-order valence-electron chi connectivity index (χ4n) is 1.88. The predicted molar refractivity (Wildman–Crippen MR) is 68.4 cm³/mol. The van der Waals surface area contributed by atoms with Crippen LogP contribution in [0.1, 0.15) is 38.8 Å². The van der Waals surface area contributed by atoms with Gasteiger partial charge in [0, 0.05) is 12.0 Å². The number of nitrogens with two attached hydrogens (primary N) is 1. The van der Waals surface area contributed by atoms with Gasteiger partial charge in [-0.2, -0.15) is 0 Å². The summed E-state index contributed by atoms with van der Waals surface area (Å²) in [6, 6.07) is 8.29. The van der Waals surface area contributed by atoms with E-state index in [0.29, 0.717) is 6.42 Å². The summed E-state index contributed by atoms with van der Waals surface area (Å²) in [5.74, 6) is 0. The molecular formula is C14H23NO. The molecule has 1 rings (SSSR count). The molecular weight excluding hydrogens is 198 g/mol. The molecule has 0 fully saturated rings. The molecule has 2 heteroatoms. The van der Waals surface area contributed by atoms with Crippen LogP contribution in [-0.2, 0) is 12.8 Å². The lowest BCUT2D eigenvalue weighted by Crippen LogP contribution is -2.34. The van der Waals surface area contributed by atoms with E-state index in [4.69, 9.17) is 5.73 Å². The Bertz CT molecular complexity index is 313. The van der Waals surface area contributed by atoms with Crippen LogP contribution in [0.2, 0.25) is 0 Å². The molecule has 2 nitrogen and oxygen atoms in total. The van der Waals surface area contributed by atoms with E-state index in [0.717, 1.165) is 12.0 Å². The standard InChI is InChI=1S/C14H23NO/c1-13(2,15)9-11-6-5-7-12(8-11)10-14(3,4)16/h5-8,16H,9-10,15H2,1-4H3. The van der Waals surface area contributed by atoms with Crippen LogP contribution in [0.15, 0.2) is 24.3 Å². The number of benzene rings is 1. The third-order valence-corrected chi connectivity index (χ3v) is 2.29. The van der Waals surface area contributed by atoms with E-state index >= 15 is 0 Å². The van der Waals surface area contributed by atoms with Gasteiger partial charge in [-0.15, -0.1) is 0 Å². The van der Waals surface area contributed by atoms with E-state index in [1.165, 1.54) is 5.56 Å². The van der Waals surface area contributed by atoms with Crippen LogP contribution in [0, 0.1) is 0 Å². The Labute approximate surface area is 98.5 Å². The van der Waals surface area contributed by atoms with Crippen LogP contribution in [0.4, 0.5) is 0 Å². The molecule has 0 aliphatic heterocycles. The average Bonchev–Trinajstić information content (AvgIpc) is 1.96. The lowest BCUT2D eigenvalue weighted by molar-refractivity contribution is 0.0810. The lowest BCUT2D eigenvalue weighted by Gasteiger charge is -2.20. The molecule has 1 aromatic rings. The van der Waals surface area contributed by atoms with Crippen molar-refractivity contribution < 1.29 is 5.11 Å². The van der Waals surface area contributed by atoms with Gasteiger partial charge in [-0.1, -0.05) is 24.3 Å². The first-order valence-corrected chi connectivity index (χ1v) is 5.75. The summed E-state index contributed by atoms with van der Waals surface area (Å²) in [6.45, 7) is 7.70. The van der Waals surface area contributed by atoms with Gasteiger partial charge in [-0.3, -0.25) is 0 Å². The highest BCUT2D eigenvalue weighted by molar-refractivity contribution is 5.25. The summed E-state index contributed by atoms with van der Waals surface area (Å²) in [4.78, 5) is 0. The largest absolute Gasteiger partial charge is 0.390 e. The van der Waals surface area contributed by atoms with Crippen LogP contribution >= 0.6 is 0 Å². The third-order valence-electron chi connectivity index (χ3n) is 2.29. The molecule has 3 N–H and O–H groups in total. The highest BCUT2D eigenvalue weighted by atomic mass is 16.3. The Kier molecular flexibility index (Phi) is 3.76. The second-order valence-corrected chi connectivity index (χ2v) is 5.97.